The second-order valence-corrected chi connectivity index (χ2v) is 7.28. The summed E-state index contributed by atoms with van der Waals surface area (Å²) in [6.07, 6.45) is 2.93. The Kier molecular flexibility index (Phi) is 5.04. The molecule has 1 aromatic carbocycles. The van der Waals surface area contributed by atoms with E-state index >= 15 is 0 Å². The van der Waals surface area contributed by atoms with Gasteiger partial charge in [-0.05, 0) is 52.0 Å². The van der Waals surface area contributed by atoms with Crippen LogP contribution in [0.1, 0.15) is 57.1 Å². The highest BCUT2D eigenvalue weighted by molar-refractivity contribution is 5.76. The van der Waals surface area contributed by atoms with E-state index in [1.807, 2.05) is 20.8 Å². The Hall–Kier alpha value is -1.35. The van der Waals surface area contributed by atoms with Crippen molar-refractivity contribution < 1.29 is 4.79 Å². The number of rotatable bonds is 5. The first-order valence-electron chi connectivity index (χ1n) is 7.94. The Morgan fingerprint density at radius 2 is 1.81 bits per heavy atom. The van der Waals surface area contributed by atoms with Crippen molar-refractivity contribution in [1.29, 1.82) is 0 Å². The quantitative estimate of drug-likeness (QED) is 0.874. The van der Waals surface area contributed by atoms with Crippen LogP contribution in [0.3, 0.4) is 0 Å². The fraction of sp³-hybridized carbons (Fsp3) is 0.611. The zero-order valence-electron chi connectivity index (χ0n) is 13.7. The van der Waals surface area contributed by atoms with Crippen molar-refractivity contribution >= 4 is 5.91 Å². The van der Waals surface area contributed by atoms with Crippen molar-refractivity contribution in [3.8, 4) is 0 Å². The number of hydrogen-bond donors (Lipinski definition) is 2. The molecule has 0 atom stereocenters. The standard InChI is InChI=1S/C18H28N2O/c1-13-5-7-14(8-6-13)15-11-16(12-15)19-10-9-17(21)20-18(2,3)4/h5-8,15-16,19H,9-12H2,1-4H3,(H,20,21). The third-order valence-corrected chi connectivity index (χ3v) is 3.99. The summed E-state index contributed by atoms with van der Waals surface area (Å²) in [7, 11) is 0. The molecular weight excluding hydrogens is 260 g/mol. The third-order valence-electron chi connectivity index (χ3n) is 3.99. The van der Waals surface area contributed by atoms with Crippen molar-refractivity contribution in [2.75, 3.05) is 6.54 Å². The van der Waals surface area contributed by atoms with Crippen molar-refractivity contribution in [1.82, 2.24) is 10.6 Å². The lowest BCUT2D eigenvalue weighted by Gasteiger charge is -2.36. The minimum Gasteiger partial charge on any atom is -0.351 e. The lowest BCUT2D eigenvalue weighted by molar-refractivity contribution is -0.122. The van der Waals surface area contributed by atoms with E-state index in [1.165, 1.54) is 24.0 Å². The molecule has 1 amide bonds. The van der Waals surface area contributed by atoms with Crippen LogP contribution in [0.2, 0.25) is 0 Å². The van der Waals surface area contributed by atoms with Gasteiger partial charge in [-0.25, -0.2) is 0 Å². The molecule has 0 heterocycles. The number of amides is 1. The van der Waals surface area contributed by atoms with Gasteiger partial charge in [0.25, 0.3) is 0 Å². The van der Waals surface area contributed by atoms with E-state index in [-0.39, 0.29) is 11.4 Å². The van der Waals surface area contributed by atoms with E-state index < -0.39 is 0 Å². The maximum absolute atomic E-state index is 11.7. The monoisotopic (exact) mass is 288 g/mol. The molecule has 0 aliphatic heterocycles. The molecule has 21 heavy (non-hydrogen) atoms. The predicted octanol–water partition coefficient (Wildman–Crippen LogP) is 3.14. The van der Waals surface area contributed by atoms with Gasteiger partial charge >= 0.3 is 0 Å². The predicted molar refractivity (Wildman–Crippen MR) is 87.5 cm³/mol. The number of carbonyl (C=O) groups is 1. The van der Waals surface area contributed by atoms with E-state index in [2.05, 4.69) is 41.8 Å². The van der Waals surface area contributed by atoms with Gasteiger partial charge in [-0.2, -0.15) is 0 Å². The minimum absolute atomic E-state index is 0.129. The van der Waals surface area contributed by atoms with Crippen molar-refractivity contribution in [3.63, 3.8) is 0 Å². The second kappa shape index (κ2) is 6.61. The van der Waals surface area contributed by atoms with Crippen LogP contribution in [0.15, 0.2) is 24.3 Å². The third kappa shape index (κ3) is 5.16. The lowest BCUT2D eigenvalue weighted by Crippen LogP contribution is -2.44. The number of carbonyl (C=O) groups excluding carboxylic acids is 1. The summed E-state index contributed by atoms with van der Waals surface area (Å²) in [4.78, 5) is 11.7. The first kappa shape index (κ1) is 16.0. The molecule has 2 rings (SSSR count). The summed E-state index contributed by atoms with van der Waals surface area (Å²) in [6.45, 7) is 8.92. The molecule has 0 bridgehead atoms. The van der Waals surface area contributed by atoms with Gasteiger partial charge in [0.15, 0.2) is 0 Å². The van der Waals surface area contributed by atoms with Gasteiger partial charge in [0.05, 0.1) is 0 Å². The summed E-state index contributed by atoms with van der Waals surface area (Å²) in [6, 6.07) is 9.43. The van der Waals surface area contributed by atoms with Gasteiger partial charge in [-0.15, -0.1) is 0 Å². The molecule has 1 fully saturated rings. The molecule has 116 valence electrons. The van der Waals surface area contributed by atoms with Crippen LogP contribution < -0.4 is 10.6 Å². The van der Waals surface area contributed by atoms with E-state index in [1.54, 1.807) is 0 Å². The Balaban J connectivity index is 1.63. The largest absolute Gasteiger partial charge is 0.351 e. The average Bonchev–Trinajstić information content (AvgIpc) is 2.31. The smallest absolute Gasteiger partial charge is 0.221 e. The minimum atomic E-state index is -0.135. The number of aryl methyl sites for hydroxylation is 1. The van der Waals surface area contributed by atoms with Crippen molar-refractivity contribution in [3.05, 3.63) is 35.4 Å². The number of nitrogens with one attached hydrogen (secondary N) is 2. The molecule has 1 aliphatic rings. The maximum atomic E-state index is 11.7. The van der Waals surface area contributed by atoms with E-state index in [4.69, 9.17) is 0 Å². The normalized spacial score (nSPS) is 21.7. The second-order valence-electron chi connectivity index (χ2n) is 7.28. The van der Waals surface area contributed by atoms with E-state index in [0.29, 0.717) is 18.4 Å². The van der Waals surface area contributed by atoms with Crippen LogP contribution in [-0.2, 0) is 4.79 Å². The van der Waals surface area contributed by atoms with Crippen LogP contribution in [0.4, 0.5) is 0 Å². The van der Waals surface area contributed by atoms with Gasteiger partial charge in [0.1, 0.15) is 0 Å². The lowest BCUT2D eigenvalue weighted by atomic mass is 9.76. The molecule has 0 radical (unpaired) electrons. The van der Waals surface area contributed by atoms with Crippen LogP contribution in [0.25, 0.3) is 0 Å². The summed E-state index contributed by atoms with van der Waals surface area (Å²) in [5.41, 5.74) is 2.63. The molecule has 0 aromatic heterocycles. The first-order valence-corrected chi connectivity index (χ1v) is 7.94. The summed E-state index contributed by atoms with van der Waals surface area (Å²) < 4.78 is 0. The van der Waals surface area contributed by atoms with Gasteiger partial charge in [-0.3, -0.25) is 4.79 Å². The van der Waals surface area contributed by atoms with Gasteiger partial charge < -0.3 is 10.6 Å². The molecule has 0 spiro atoms. The van der Waals surface area contributed by atoms with Crippen LogP contribution >= 0.6 is 0 Å². The van der Waals surface area contributed by atoms with Gasteiger partial charge in [-0.1, -0.05) is 29.8 Å². The molecule has 1 aromatic rings. The highest BCUT2D eigenvalue weighted by Gasteiger charge is 2.29. The highest BCUT2D eigenvalue weighted by atomic mass is 16.1. The Bertz CT molecular complexity index is 467. The maximum Gasteiger partial charge on any atom is 0.221 e. The highest BCUT2D eigenvalue weighted by Crippen LogP contribution is 2.36. The molecule has 3 heteroatoms. The van der Waals surface area contributed by atoms with Gasteiger partial charge in [0, 0.05) is 24.5 Å². The number of benzene rings is 1. The summed E-state index contributed by atoms with van der Waals surface area (Å²) in [5.74, 6) is 0.816. The van der Waals surface area contributed by atoms with Crippen LogP contribution in [0, 0.1) is 6.92 Å². The molecular formula is C18H28N2O. The Labute approximate surface area is 128 Å². The molecule has 1 aliphatic carbocycles. The SMILES string of the molecule is Cc1ccc(C2CC(NCCC(=O)NC(C)(C)C)C2)cc1. The van der Waals surface area contributed by atoms with E-state index in [0.717, 1.165) is 6.54 Å². The van der Waals surface area contributed by atoms with Crippen LogP contribution in [0.5, 0.6) is 0 Å². The fourth-order valence-corrected chi connectivity index (χ4v) is 2.77. The fourth-order valence-electron chi connectivity index (χ4n) is 2.77. The van der Waals surface area contributed by atoms with E-state index in [9.17, 15) is 4.79 Å². The topological polar surface area (TPSA) is 41.1 Å². The first-order chi connectivity index (χ1) is 9.83. The van der Waals surface area contributed by atoms with Gasteiger partial charge in [0.2, 0.25) is 5.91 Å². The summed E-state index contributed by atoms with van der Waals surface area (Å²) >= 11 is 0. The van der Waals surface area contributed by atoms with Crippen molar-refractivity contribution in [2.24, 2.45) is 0 Å². The number of hydrogen-bond acceptors (Lipinski definition) is 2. The average molecular weight is 288 g/mol. The molecule has 0 saturated heterocycles. The Morgan fingerprint density at radius 3 is 2.38 bits per heavy atom. The molecule has 0 unspecified atom stereocenters. The molecule has 2 N–H and O–H groups in total. The van der Waals surface area contributed by atoms with Crippen molar-refractivity contribution in [2.45, 2.75) is 64.5 Å². The Morgan fingerprint density at radius 1 is 1.19 bits per heavy atom. The molecule has 1 saturated carbocycles. The molecule has 3 nitrogen and oxygen atoms in total. The zero-order chi connectivity index (χ0) is 15.5. The summed E-state index contributed by atoms with van der Waals surface area (Å²) in [5, 5.41) is 6.48. The zero-order valence-corrected chi connectivity index (χ0v) is 13.7. The van der Waals surface area contributed by atoms with Crippen LogP contribution in [-0.4, -0.2) is 24.0 Å².